The first-order chi connectivity index (χ1) is 31.4. The first-order valence-corrected chi connectivity index (χ1v) is 23.1. The van der Waals surface area contributed by atoms with Gasteiger partial charge in [0.05, 0.1) is 91.8 Å². The van der Waals surface area contributed by atoms with E-state index in [1.54, 1.807) is 0 Å². The van der Waals surface area contributed by atoms with Gasteiger partial charge >= 0.3 is 0 Å². The summed E-state index contributed by atoms with van der Waals surface area (Å²) >= 11 is 0. The third kappa shape index (κ3) is 15.4. The number of rotatable bonds is 24. The largest absolute Gasteiger partial charge is 0.494 e. The zero-order valence-corrected chi connectivity index (χ0v) is 39.4. The molecule has 0 aromatic heterocycles. The van der Waals surface area contributed by atoms with Crippen molar-refractivity contribution in [3.05, 3.63) is 93.5 Å². The Balaban J connectivity index is 1.88. The van der Waals surface area contributed by atoms with Crippen LogP contribution < -0.4 is 37.9 Å². The molecular weight excluding hydrogens is 801 g/mol. The van der Waals surface area contributed by atoms with Crippen LogP contribution in [0.5, 0.6) is 46.0 Å². The van der Waals surface area contributed by atoms with Gasteiger partial charge in [-0.2, -0.15) is 0 Å². The van der Waals surface area contributed by atoms with E-state index in [9.17, 15) is 0 Å². The van der Waals surface area contributed by atoms with E-state index in [-0.39, 0.29) is 0 Å². The quantitative estimate of drug-likeness (QED) is 0.0645. The number of benzene rings is 4. The van der Waals surface area contributed by atoms with E-state index < -0.39 is 0 Å². The van der Waals surface area contributed by atoms with Crippen LogP contribution in [0.3, 0.4) is 0 Å². The summed E-state index contributed by atoms with van der Waals surface area (Å²) in [5.74, 6) is 28.0. The van der Waals surface area contributed by atoms with Crippen LogP contribution in [-0.4, -0.2) is 52.9 Å². The Hall–Kier alpha value is -6.48. The summed E-state index contributed by atoms with van der Waals surface area (Å²) in [6, 6.07) is 17.1. The average molecular weight is 867 g/mol. The Kier molecular flexibility index (Phi) is 22.2. The summed E-state index contributed by atoms with van der Waals surface area (Å²) in [6.07, 6.45) is 12.6. The first-order valence-electron chi connectivity index (χ1n) is 23.1. The molecule has 0 saturated carbocycles. The van der Waals surface area contributed by atoms with Crippen molar-refractivity contribution in [2.24, 2.45) is 0 Å². The minimum atomic E-state index is 0.490. The highest BCUT2D eigenvalue weighted by molar-refractivity contribution is 5.65. The molecule has 0 radical (unpaired) electrons. The van der Waals surface area contributed by atoms with Crippen molar-refractivity contribution < 1.29 is 37.9 Å². The molecule has 338 valence electrons. The molecule has 0 N–H and O–H groups in total. The third-order valence-corrected chi connectivity index (χ3v) is 9.05. The van der Waals surface area contributed by atoms with Gasteiger partial charge in [-0.3, -0.25) is 0 Å². The summed E-state index contributed by atoms with van der Waals surface area (Å²) in [4.78, 5) is 0. The third-order valence-electron chi connectivity index (χ3n) is 9.05. The fourth-order valence-corrected chi connectivity index (χ4v) is 5.93. The molecule has 0 spiro atoms. The summed E-state index contributed by atoms with van der Waals surface area (Å²) in [6.45, 7) is 20.8. The monoisotopic (exact) mass is 866 g/mol. The molecule has 0 aliphatic rings. The van der Waals surface area contributed by atoms with Gasteiger partial charge in [0.15, 0.2) is 0 Å². The normalized spacial score (nSPS) is 10.2. The van der Waals surface area contributed by atoms with Crippen LogP contribution in [0.1, 0.15) is 146 Å². The van der Waals surface area contributed by atoms with Crippen molar-refractivity contribution in [2.75, 3.05) is 52.9 Å². The molecule has 4 rings (SSSR count). The molecule has 64 heavy (non-hydrogen) atoms. The van der Waals surface area contributed by atoms with Gasteiger partial charge in [-0.1, -0.05) is 96.8 Å². The molecule has 8 nitrogen and oxygen atoms in total. The lowest BCUT2D eigenvalue weighted by Gasteiger charge is -2.14. The lowest BCUT2D eigenvalue weighted by molar-refractivity contribution is 0.307. The molecule has 4 aromatic rings. The Morgan fingerprint density at radius 2 is 0.531 bits per heavy atom. The Morgan fingerprint density at radius 1 is 0.297 bits per heavy atom. The average Bonchev–Trinajstić information content (AvgIpc) is 3.32. The maximum atomic E-state index is 6.34. The van der Waals surface area contributed by atoms with Crippen molar-refractivity contribution in [3.63, 3.8) is 0 Å². The minimum Gasteiger partial charge on any atom is -0.494 e. The Labute approximate surface area is 383 Å². The Bertz CT molecular complexity index is 2340. The molecule has 0 aliphatic heterocycles. The smallest absolute Gasteiger partial charge is 0.136 e. The zero-order valence-electron chi connectivity index (χ0n) is 39.4. The number of ether oxygens (including phenoxy) is 8. The highest BCUT2D eigenvalue weighted by Gasteiger charge is 2.15. The standard InChI is InChI=1S/C56H66O8/c1-10-27-57-49-25-26-50(58-28-11-2)43(35-49)19-20-45-38-54(62-32-15-6)47(39-53(45)61-31-14-5)23-24-48-41-55(63-33-16-7)46(40-56(48)64-34-17-8)22-21-44-37-51(59-29-12-3)42(18-9)36-52(44)60-30-13-4/h9,25-26,35-41H,10-17,27-34H2,1-8H3. The van der Waals surface area contributed by atoms with Gasteiger partial charge in [0.1, 0.15) is 46.0 Å². The molecular formula is C56H66O8. The predicted octanol–water partition coefficient (Wildman–Crippen LogP) is 12.2. The second-order valence-electron chi connectivity index (χ2n) is 14.9. The number of terminal acetylenes is 1. The van der Waals surface area contributed by atoms with Gasteiger partial charge in [-0.05, 0) is 69.6 Å². The fraction of sp³-hybridized carbons (Fsp3) is 0.429. The maximum Gasteiger partial charge on any atom is 0.136 e. The van der Waals surface area contributed by atoms with Crippen molar-refractivity contribution in [2.45, 2.75) is 107 Å². The summed E-state index contributed by atoms with van der Waals surface area (Å²) in [5, 5.41) is 0. The van der Waals surface area contributed by atoms with Crippen LogP contribution in [0.15, 0.2) is 54.6 Å². The van der Waals surface area contributed by atoms with Crippen LogP contribution in [0.4, 0.5) is 0 Å². The van der Waals surface area contributed by atoms with Crippen molar-refractivity contribution in [1.82, 2.24) is 0 Å². The van der Waals surface area contributed by atoms with Crippen molar-refractivity contribution >= 4 is 0 Å². The molecule has 0 bridgehead atoms. The van der Waals surface area contributed by atoms with E-state index >= 15 is 0 Å². The zero-order chi connectivity index (χ0) is 45.9. The van der Waals surface area contributed by atoms with Crippen LogP contribution in [0.2, 0.25) is 0 Å². The van der Waals surface area contributed by atoms with Gasteiger partial charge < -0.3 is 37.9 Å². The highest BCUT2D eigenvalue weighted by Crippen LogP contribution is 2.33. The summed E-state index contributed by atoms with van der Waals surface area (Å²) < 4.78 is 49.5. The van der Waals surface area contributed by atoms with E-state index in [4.69, 9.17) is 44.3 Å². The molecule has 0 heterocycles. The number of hydrogen-bond acceptors (Lipinski definition) is 8. The highest BCUT2D eigenvalue weighted by atomic mass is 16.5. The Morgan fingerprint density at radius 3 is 0.812 bits per heavy atom. The number of hydrogen-bond donors (Lipinski definition) is 0. The van der Waals surface area contributed by atoms with Gasteiger partial charge in [0, 0.05) is 36.4 Å². The van der Waals surface area contributed by atoms with Crippen LogP contribution >= 0.6 is 0 Å². The molecule has 0 atom stereocenters. The van der Waals surface area contributed by atoms with Gasteiger partial charge in [-0.25, -0.2) is 0 Å². The van der Waals surface area contributed by atoms with E-state index in [1.165, 1.54) is 0 Å². The van der Waals surface area contributed by atoms with E-state index in [0.29, 0.717) is 126 Å². The topological polar surface area (TPSA) is 73.8 Å². The summed E-state index contributed by atoms with van der Waals surface area (Å²) in [7, 11) is 0. The van der Waals surface area contributed by atoms with Crippen molar-refractivity contribution in [1.29, 1.82) is 0 Å². The maximum absolute atomic E-state index is 6.34. The van der Waals surface area contributed by atoms with Crippen molar-refractivity contribution in [3.8, 4) is 93.9 Å². The SMILES string of the molecule is C#Cc1cc(OCCC)c(C#Cc2cc(OCCC)c(C#Cc3cc(OCCC)c(C#Cc4cc(OCCC)ccc4OCCC)cc3OCCC)cc2OCCC)cc1OCCC. The van der Waals surface area contributed by atoms with Gasteiger partial charge in [0.2, 0.25) is 0 Å². The molecule has 0 unspecified atom stereocenters. The second kappa shape index (κ2) is 28.3. The van der Waals surface area contributed by atoms with Gasteiger partial charge in [0.25, 0.3) is 0 Å². The first kappa shape index (κ1) is 50.2. The minimum absolute atomic E-state index is 0.490. The van der Waals surface area contributed by atoms with Gasteiger partial charge in [-0.15, -0.1) is 6.42 Å². The molecule has 0 fully saturated rings. The molecule has 0 saturated heterocycles. The molecule has 0 amide bonds. The molecule has 0 aliphatic carbocycles. The molecule has 8 heteroatoms. The summed E-state index contributed by atoms with van der Waals surface area (Å²) in [5.41, 5.74) is 4.65. The lowest BCUT2D eigenvalue weighted by atomic mass is 10.0. The predicted molar refractivity (Wildman–Crippen MR) is 258 cm³/mol. The molecule has 4 aromatic carbocycles. The lowest BCUT2D eigenvalue weighted by Crippen LogP contribution is -2.03. The van der Waals surface area contributed by atoms with Crippen LogP contribution in [-0.2, 0) is 0 Å². The fourth-order valence-electron chi connectivity index (χ4n) is 5.93. The van der Waals surface area contributed by atoms with Crippen LogP contribution in [0.25, 0.3) is 0 Å². The second-order valence-corrected chi connectivity index (χ2v) is 14.9. The van der Waals surface area contributed by atoms with E-state index in [0.717, 1.165) is 62.7 Å². The van der Waals surface area contributed by atoms with E-state index in [1.807, 2.05) is 54.6 Å². The van der Waals surface area contributed by atoms with E-state index in [2.05, 4.69) is 96.8 Å². The van der Waals surface area contributed by atoms with Crippen LogP contribution in [0, 0.1) is 47.9 Å².